The summed E-state index contributed by atoms with van der Waals surface area (Å²) in [6, 6.07) is 12.9. The van der Waals surface area contributed by atoms with Crippen molar-refractivity contribution in [2.45, 2.75) is 12.7 Å². The molecule has 12 heteroatoms. The van der Waals surface area contributed by atoms with Gasteiger partial charge in [0.05, 0.1) is 18.4 Å². The number of rotatable bonds is 5. The first-order chi connectivity index (χ1) is 17.2. The highest BCUT2D eigenvalue weighted by molar-refractivity contribution is 6.30. The van der Waals surface area contributed by atoms with Crippen LogP contribution in [0, 0.1) is 0 Å². The van der Waals surface area contributed by atoms with E-state index in [1.165, 1.54) is 6.07 Å². The van der Waals surface area contributed by atoms with E-state index in [9.17, 15) is 18.0 Å². The van der Waals surface area contributed by atoms with Crippen LogP contribution in [0.4, 0.5) is 24.5 Å². The monoisotopic (exact) mass is 511 g/mol. The number of benzene rings is 1. The van der Waals surface area contributed by atoms with Crippen LogP contribution in [0.5, 0.6) is 0 Å². The number of aromatic nitrogens is 6. The van der Waals surface area contributed by atoms with E-state index in [2.05, 4.69) is 20.2 Å². The maximum atomic E-state index is 13.1. The van der Waals surface area contributed by atoms with Crippen molar-refractivity contribution in [2.24, 2.45) is 0 Å². The number of pyridine rings is 2. The van der Waals surface area contributed by atoms with Crippen LogP contribution in [-0.2, 0) is 12.7 Å². The van der Waals surface area contributed by atoms with Gasteiger partial charge in [-0.2, -0.15) is 22.8 Å². The van der Waals surface area contributed by atoms with Crippen LogP contribution in [0.3, 0.4) is 0 Å². The van der Waals surface area contributed by atoms with Crippen molar-refractivity contribution in [1.82, 2.24) is 29.4 Å². The molecule has 0 N–H and O–H groups in total. The molecule has 0 fully saturated rings. The minimum absolute atomic E-state index is 0.0813. The summed E-state index contributed by atoms with van der Waals surface area (Å²) >= 11 is 6.07. The van der Waals surface area contributed by atoms with Gasteiger partial charge in [0, 0.05) is 41.9 Å². The Hall–Kier alpha value is -4.25. The molecular weight excluding hydrogens is 495 g/mol. The number of nitrogens with zero attached hydrogens (tertiary/aromatic N) is 7. The molecule has 0 unspecified atom stereocenters. The Morgan fingerprint density at radius 3 is 2.36 bits per heavy atom. The van der Waals surface area contributed by atoms with Gasteiger partial charge in [0.1, 0.15) is 5.69 Å². The summed E-state index contributed by atoms with van der Waals surface area (Å²) < 4.78 is 40.9. The lowest BCUT2D eigenvalue weighted by Crippen LogP contribution is -2.23. The van der Waals surface area contributed by atoms with Gasteiger partial charge in [-0.15, -0.1) is 5.10 Å². The Balaban J connectivity index is 1.64. The summed E-state index contributed by atoms with van der Waals surface area (Å²) in [5.74, 6) is 0. The lowest BCUT2D eigenvalue weighted by Gasteiger charge is -2.22. The summed E-state index contributed by atoms with van der Waals surface area (Å²) in [5.41, 5.74) is 2.00. The van der Waals surface area contributed by atoms with Crippen molar-refractivity contribution in [1.29, 1.82) is 0 Å². The molecule has 0 amide bonds. The highest BCUT2D eigenvalue weighted by Crippen LogP contribution is 2.36. The van der Waals surface area contributed by atoms with Crippen molar-refractivity contribution in [3.05, 3.63) is 100 Å². The van der Waals surface area contributed by atoms with Gasteiger partial charge in [-0.25, -0.2) is 9.48 Å². The third kappa shape index (κ3) is 4.40. The molecule has 4 heterocycles. The fourth-order valence-corrected chi connectivity index (χ4v) is 3.90. The molecule has 0 atom stereocenters. The molecule has 0 saturated heterocycles. The van der Waals surface area contributed by atoms with Crippen LogP contribution in [0.15, 0.2) is 78.1 Å². The van der Waals surface area contributed by atoms with E-state index in [-0.39, 0.29) is 12.2 Å². The van der Waals surface area contributed by atoms with Gasteiger partial charge in [0.25, 0.3) is 0 Å². The predicted octanol–water partition coefficient (Wildman–Crippen LogP) is 4.84. The zero-order valence-corrected chi connectivity index (χ0v) is 19.4. The lowest BCUT2D eigenvalue weighted by molar-refractivity contribution is -0.141. The van der Waals surface area contributed by atoms with Crippen LogP contribution >= 0.6 is 11.6 Å². The van der Waals surface area contributed by atoms with E-state index in [0.717, 1.165) is 32.7 Å². The summed E-state index contributed by atoms with van der Waals surface area (Å²) in [7, 11) is 1.83. The van der Waals surface area contributed by atoms with Crippen LogP contribution < -0.4 is 10.6 Å². The fourth-order valence-electron chi connectivity index (χ4n) is 3.78. The van der Waals surface area contributed by atoms with Crippen molar-refractivity contribution >= 4 is 28.6 Å². The normalized spacial score (nSPS) is 11.7. The molecule has 182 valence electrons. The van der Waals surface area contributed by atoms with Crippen molar-refractivity contribution < 1.29 is 13.2 Å². The molecule has 1 aromatic carbocycles. The number of halogens is 4. The van der Waals surface area contributed by atoms with Crippen LogP contribution in [0.2, 0.25) is 5.02 Å². The van der Waals surface area contributed by atoms with Crippen molar-refractivity contribution in [3.63, 3.8) is 0 Å². The molecular formula is C24H17ClF3N7O. The summed E-state index contributed by atoms with van der Waals surface area (Å²) in [4.78, 5) is 22.5. The molecule has 0 spiro atoms. The average Bonchev–Trinajstić information content (AvgIpc) is 3.19. The van der Waals surface area contributed by atoms with E-state index in [1.54, 1.807) is 30.7 Å². The Labute approximate surface area is 207 Å². The second-order valence-corrected chi connectivity index (χ2v) is 8.34. The van der Waals surface area contributed by atoms with Gasteiger partial charge in [-0.3, -0.25) is 9.97 Å². The highest BCUT2D eigenvalue weighted by atomic mass is 35.5. The zero-order valence-electron chi connectivity index (χ0n) is 18.7. The van der Waals surface area contributed by atoms with E-state index in [1.807, 2.05) is 36.2 Å². The van der Waals surface area contributed by atoms with E-state index < -0.39 is 17.6 Å². The largest absolute Gasteiger partial charge is 0.433 e. The van der Waals surface area contributed by atoms with E-state index in [4.69, 9.17) is 11.6 Å². The third-order valence-electron chi connectivity index (χ3n) is 5.58. The number of fused-ring (bicyclic) bond motifs is 1. The summed E-state index contributed by atoms with van der Waals surface area (Å²) in [6.45, 7) is -0.0813. The average molecular weight is 512 g/mol. The van der Waals surface area contributed by atoms with Crippen LogP contribution in [0.1, 0.15) is 11.3 Å². The molecule has 0 bridgehead atoms. The standard InChI is InChI=1S/C24H17ClF3N7O/c1-33(18-8-10-29-11-9-18)21-19(16-3-5-17(25)6-4-16)13-31-35-22(21)32-34(23(35)36)14-15-2-7-20(30-12-15)24(26,27)28/h2-13H,14H2,1H3. The third-order valence-corrected chi connectivity index (χ3v) is 5.83. The molecule has 0 saturated carbocycles. The Morgan fingerprint density at radius 2 is 1.72 bits per heavy atom. The predicted molar refractivity (Wildman–Crippen MR) is 128 cm³/mol. The Bertz CT molecular complexity index is 1580. The van der Waals surface area contributed by atoms with Gasteiger partial charge in [-0.1, -0.05) is 29.8 Å². The lowest BCUT2D eigenvalue weighted by atomic mass is 10.1. The van der Waals surface area contributed by atoms with Crippen LogP contribution in [-0.4, -0.2) is 36.4 Å². The first kappa shape index (κ1) is 23.5. The van der Waals surface area contributed by atoms with Crippen molar-refractivity contribution in [2.75, 3.05) is 11.9 Å². The van der Waals surface area contributed by atoms with Gasteiger partial charge in [-0.05, 0) is 41.5 Å². The fraction of sp³-hybridized carbons (Fsp3) is 0.125. The number of hydrogen-bond donors (Lipinski definition) is 0. The zero-order chi connectivity index (χ0) is 25.4. The SMILES string of the molecule is CN(c1ccncc1)c1c(-c2ccc(Cl)cc2)cnn2c(=O)n(Cc3ccc(C(F)(F)F)nc3)nc12. The molecule has 5 aromatic rings. The summed E-state index contributed by atoms with van der Waals surface area (Å²) in [5, 5.41) is 9.38. The van der Waals surface area contributed by atoms with Crippen LogP contribution in [0.25, 0.3) is 16.8 Å². The Morgan fingerprint density at radius 1 is 1.00 bits per heavy atom. The smallest absolute Gasteiger partial charge is 0.341 e. The molecule has 0 aliphatic rings. The molecule has 0 aliphatic heterocycles. The minimum atomic E-state index is -4.55. The topological polar surface area (TPSA) is 81.2 Å². The second kappa shape index (κ2) is 9.08. The molecule has 4 aromatic heterocycles. The van der Waals surface area contributed by atoms with Gasteiger partial charge >= 0.3 is 11.9 Å². The van der Waals surface area contributed by atoms with E-state index >= 15 is 0 Å². The van der Waals surface area contributed by atoms with Crippen molar-refractivity contribution in [3.8, 4) is 11.1 Å². The number of alkyl halides is 3. The highest BCUT2D eigenvalue weighted by Gasteiger charge is 2.32. The minimum Gasteiger partial charge on any atom is -0.341 e. The number of hydrogen-bond acceptors (Lipinski definition) is 6. The number of anilines is 2. The molecule has 0 aliphatic carbocycles. The first-order valence-corrected chi connectivity index (χ1v) is 11.0. The second-order valence-electron chi connectivity index (χ2n) is 7.90. The van der Waals surface area contributed by atoms with Gasteiger partial charge in [0.2, 0.25) is 5.65 Å². The van der Waals surface area contributed by atoms with Gasteiger partial charge < -0.3 is 4.90 Å². The quantitative estimate of drug-likeness (QED) is 0.336. The summed E-state index contributed by atoms with van der Waals surface area (Å²) in [6.07, 6.45) is 1.39. The van der Waals surface area contributed by atoms with E-state index in [0.29, 0.717) is 21.8 Å². The molecule has 36 heavy (non-hydrogen) atoms. The molecule has 0 radical (unpaired) electrons. The van der Waals surface area contributed by atoms with Gasteiger partial charge in [0.15, 0.2) is 0 Å². The first-order valence-electron chi connectivity index (χ1n) is 10.6. The molecule has 5 rings (SSSR count). The maximum absolute atomic E-state index is 13.1. The Kier molecular flexibility index (Phi) is 5.92. The molecule has 8 nitrogen and oxygen atoms in total. The maximum Gasteiger partial charge on any atom is 0.433 e.